The van der Waals surface area contributed by atoms with Crippen molar-refractivity contribution in [2.24, 2.45) is 0 Å². The smallest absolute Gasteiger partial charge is 0.234 e. The van der Waals surface area contributed by atoms with Crippen LogP contribution in [0.25, 0.3) is 0 Å². The second-order valence-corrected chi connectivity index (χ2v) is 6.52. The van der Waals surface area contributed by atoms with E-state index in [9.17, 15) is 9.18 Å². The highest BCUT2D eigenvalue weighted by molar-refractivity contribution is 9.10. The molecule has 2 aromatic rings. The molecule has 0 saturated heterocycles. The average molecular weight is 390 g/mol. The van der Waals surface area contributed by atoms with Gasteiger partial charge in [0, 0.05) is 9.37 Å². The van der Waals surface area contributed by atoms with Crippen molar-refractivity contribution in [1.82, 2.24) is 0 Å². The fraction of sp³-hybridized carbons (Fsp3) is 0.0714. The van der Waals surface area contributed by atoms with Crippen LogP contribution >= 0.6 is 39.3 Å². The second-order valence-electron chi connectivity index (χ2n) is 4.14. The van der Waals surface area contributed by atoms with Gasteiger partial charge in [-0.05, 0) is 36.4 Å². The van der Waals surface area contributed by atoms with Crippen molar-refractivity contribution in [3.63, 3.8) is 0 Å². The molecular weight excluding hydrogens is 379 g/mol. The Morgan fingerprint density at radius 3 is 2.76 bits per heavy atom. The van der Waals surface area contributed by atoms with Crippen LogP contribution in [-0.2, 0) is 4.79 Å². The van der Waals surface area contributed by atoms with Gasteiger partial charge in [0.15, 0.2) is 0 Å². The number of hydrogen-bond donors (Lipinski definition) is 2. The van der Waals surface area contributed by atoms with Gasteiger partial charge in [-0.1, -0.05) is 27.5 Å². The van der Waals surface area contributed by atoms with Gasteiger partial charge in [-0.25, -0.2) is 4.39 Å². The summed E-state index contributed by atoms with van der Waals surface area (Å²) in [7, 11) is 0. The fourth-order valence-electron chi connectivity index (χ4n) is 1.52. The number of rotatable bonds is 4. The van der Waals surface area contributed by atoms with Gasteiger partial charge in [0.2, 0.25) is 5.91 Å². The second kappa shape index (κ2) is 7.15. The molecule has 1 amide bonds. The summed E-state index contributed by atoms with van der Waals surface area (Å²) in [5, 5.41) is 2.96. The van der Waals surface area contributed by atoms with Crippen LogP contribution in [0.5, 0.6) is 0 Å². The Kier molecular flexibility index (Phi) is 5.50. The minimum Gasteiger partial charge on any atom is -0.398 e. The van der Waals surface area contributed by atoms with E-state index in [-0.39, 0.29) is 17.3 Å². The number of nitrogens with two attached hydrogens (primary N) is 1. The molecule has 3 N–H and O–H groups in total. The molecule has 0 atom stereocenters. The molecule has 21 heavy (non-hydrogen) atoms. The Hall–Kier alpha value is -1.24. The van der Waals surface area contributed by atoms with Crippen LogP contribution in [0.2, 0.25) is 5.02 Å². The van der Waals surface area contributed by atoms with Gasteiger partial charge in [0.1, 0.15) is 5.82 Å². The van der Waals surface area contributed by atoms with E-state index in [0.717, 1.165) is 4.90 Å². The van der Waals surface area contributed by atoms with Crippen LogP contribution in [0.15, 0.2) is 45.8 Å². The quantitative estimate of drug-likeness (QED) is 0.595. The number of amides is 1. The summed E-state index contributed by atoms with van der Waals surface area (Å²) in [5.41, 5.74) is 6.25. The van der Waals surface area contributed by atoms with Crippen molar-refractivity contribution < 1.29 is 9.18 Å². The van der Waals surface area contributed by atoms with Gasteiger partial charge < -0.3 is 11.1 Å². The standard InChI is InChI=1S/C14H11BrClFN2OS/c15-8-1-4-13(11(17)5-8)19-14(20)7-21-9-2-3-12(18)10(16)6-9/h1-6H,7,18H2,(H,19,20). The van der Waals surface area contributed by atoms with Crippen LogP contribution in [0.1, 0.15) is 0 Å². The van der Waals surface area contributed by atoms with Crippen molar-refractivity contribution in [2.75, 3.05) is 16.8 Å². The van der Waals surface area contributed by atoms with Gasteiger partial charge >= 0.3 is 0 Å². The third-order valence-corrected chi connectivity index (χ3v) is 4.36. The first-order valence-corrected chi connectivity index (χ1v) is 8.04. The molecule has 0 aromatic heterocycles. The molecule has 0 bridgehead atoms. The summed E-state index contributed by atoms with van der Waals surface area (Å²) < 4.78 is 14.2. The van der Waals surface area contributed by atoms with E-state index in [4.69, 9.17) is 17.3 Å². The van der Waals surface area contributed by atoms with E-state index in [2.05, 4.69) is 21.2 Å². The topological polar surface area (TPSA) is 55.1 Å². The Balaban J connectivity index is 1.94. The lowest BCUT2D eigenvalue weighted by molar-refractivity contribution is -0.113. The monoisotopic (exact) mass is 388 g/mol. The Morgan fingerprint density at radius 2 is 2.10 bits per heavy atom. The molecule has 0 spiro atoms. The van der Waals surface area contributed by atoms with Crippen molar-refractivity contribution in [1.29, 1.82) is 0 Å². The number of carbonyl (C=O) groups is 1. The summed E-state index contributed by atoms with van der Waals surface area (Å²) in [5.74, 6) is -0.636. The molecule has 0 heterocycles. The van der Waals surface area contributed by atoms with E-state index in [1.165, 1.54) is 23.9 Å². The van der Waals surface area contributed by atoms with Crippen molar-refractivity contribution in [3.05, 3.63) is 51.7 Å². The predicted molar refractivity (Wildman–Crippen MR) is 89.3 cm³/mol. The largest absolute Gasteiger partial charge is 0.398 e. The molecule has 0 fully saturated rings. The van der Waals surface area contributed by atoms with Crippen LogP contribution < -0.4 is 11.1 Å². The van der Waals surface area contributed by atoms with E-state index < -0.39 is 5.82 Å². The van der Waals surface area contributed by atoms with E-state index in [1.54, 1.807) is 24.3 Å². The number of anilines is 2. The lowest BCUT2D eigenvalue weighted by Crippen LogP contribution is -2.15. The van der Waals surface area contributed by atoms with Crippen LogP contribution in [0.4, 0.5) is 15.8 Å². The zero-order chi connectivity index (χ0) is 15.4. The molecule has 2 rings (SSSR count). The van der Waals surface area contributed by atoms with Gasteiger partial charge in [-0.2, -0.15) is 0 Å². The summed E-state index contributed by atoms with van der Waals surface area (Å²) in [6.45, 7) is 0. The molecule has 3 nitrogen and oxygen atoms in total. The first-order chi connectivity index (χ1) is 9.95. The van der Waals surface area contributed by atoms with E-state index in [1.807, 2.05) is 0 Å². The molecule has 110 valence electrons. The maximum absolute atomic E-state index is 13.6. The number of nitrogens with one attached hydrogen (secondary N) is 1. The first kappa shape index (κ1) is 16.1. The van der Waals surface area contributed by atoms with Gasteiger partial charge in [0.25, 0.3) is 0 Å². The summed E-state index contributed by atoms with van der Waals surface area (Å²) in [6, 6.07) is 9.60. The first-order valence-electron chi connectivity index (χ1n) is 5.88. The number of nitrogen functional groups attached to an aromatic ring is 1. The lowest BCUT2D eigenvalue weighted by atomic mass is 10.3. The van der Waals surface area contributed by atoms with Crippen molar-refractivity contribution >= 4 is 56.6 Å². The van der Waals surface area contributed by atoms with E-state index >= 15 is 0 Å². The Morgan fingerprint density at radius 1 is 1.33 bits per heavy atom. The highest BCUT2D eigenvalue weighted by Crippen LogP contribution is 2.26. The molecule has 0 radical (unpaired) electrons. The molecule has 7 heteroatoms. The Bertz CT molecular complexity index is 684. The number of hydrogen-bond acceptors (Lipinski definition) is 3. The van der Waals surface area contributed by atoms with Crippen LogP contribution in [0.3, 0.4) is 0 Å². The number of benzene rings is 2. The number of thioether (sulfide) groups is 1. The minimum absolute atomic E-state index is 0.149. The normalized spacial score (nSPS) is 10.4. The maximum Gasteiger partial charge on any atom is 0.234 e. The van der Waals surface area contributed by atoms with E-state index in [0.29, 0.717) is 15.2 Å². The number of carbonyl (C=O) groups excluding carboxylic acids is 1. The highest BCUT2D eigenvalue weighted by atomic mass is 79.9. The molecule has 0 unspecified atom stereocenters. The molecule has 2 aromatic carbocycles. The summed E-state index contributed by atoms with van der Waals surface area (Å²) in [6.07, 6.45) is 0. The zero-order valence-corrected chi connectivity index (χ0v) is 13.9. The molecular formula is C14H11BrClFN2OS. The van der Waals surface area contributed by atoms with Gasteiger partial charge in [-0.15, -0.1) is 11.8 Å². The third-order valence-electron chi connectivity index (χ3n) is 2.55. The Labute approximate surface area is 139 Å². The van der Waals surface area contributed by atoms with Crippen LogP contribution in [0, 0.1) is 5.82 Å². The fourth-order valence-corrected chi connectivity index (χ4v) is 2.84. The lowest BCUT2D eigenvalue weighted by Gasteiger charge is -2.07. The molecule has 0 aliphatic carbocycles. The average Bonchev–Trinajstić information content (AvgIpc) is 2.43. The molecule has 0 aliphatic heterocycles. The van der Waals surface area contributed by atoms with Gasteiger partial charge in [-0.3, -0.25) is 4.79 Å². The predicted octanol–water partition coefficient (Wildman–Crippen LogP) is 4.55. The summed E-state index contributed by atoms with van der Waals surface area (Å²) >= 11 is 10.4. The van der Waals surface area contributed by atoms with Crippen LogP contribution in [-0.4, -0.2) is 11.7 Å². The third kappa shape index (κ3) is 4.62. The SMILES string of the molecule is Nc1ccc(SCC(=O)Nc2ccc(Br)cc2F)cc1Cl. The minimum atomic E-state index is -0.488. The van der Waals surface area contributed by atoms with Crippen molar-refractivity contribution in [2.45, 2.75) is 4.90 Å². The van der Waals surface area contributed by atoms with Gasteiger partial charge in [0.05, 0.1) is 22.2 Å². The zero-order valence-electron chi connectivity index (χ0n) is 10.7. The molecule has 0 saturated carbocycles. The summed E-state index contributed by atoms with van der Waals surface area (Å²) in [4.78, 5) is 12.6. The van der Waals surface area contributed by atoms with Crippen molar-refractivity contribution in [3.8, 4) is 0 Å². The maximum atomic E-state index is 13.6. The molecule has 0 aliphatic rings. The highest BCUT2D eigenvalue weighted by Gasteiger charge is 2.08. The number of halogens is 3.